The summed E-state index contributed by atoms with van der Waals surface area (Å²) in [5.41, 5.74) is 0.924. The SMILES string of the molecule is O=C(O)COc1ccccc1CCCO. The number of rotatable bonds is 6. The van der Waals surface area contributed by atoms with Gasteiger partial charge >= 0.3 is 5.97 Å². The lowest BCUT2D eigenvalue weighted by atomic mass is 10.1. The molecule has 1 rings (SSSR count). The average Bonchev–Trinajstić information content (AvgIpc) is 2.24. The third-order valence-corrected chi connectivity index (χ3v) is 1.93. The fourth-order valence-corrected chi connectivity index (χ4v) is 1.26. The van der Waals surface area contributed by atoms with Crippen LogP contribution in [0.2, 0.25) is 0 Å². The molecule has 2 N–H and O–H groups in total. The molecule has 15 heavy (non-hydrogen) atoms. The fraction of sp³-hybridized carbons (Fsp3) is 0.364. The molecule has 0 unspecified atom stereocenters. The van der Waals surface area contributed by atoms with Crippen LogP contribution in [0, 0.1) is 0 Å². The van der Waals surface area contributed by atoms with E-state index in [9.17, 15) is 4.79 Å². The predicted molar refractivity (Wildman–Crippen MR) is 55.0 cm³/mol. The topological polar surface area (TPSA) is 66.8 Å². The Morgan fingerprint density at radius 2 is 2.07 bits per heavy atom. The van der Waals surface area contributed by atoms with Crippen molar-refractivity contribution in [1.29, 1.82) is 0 Å². The van der Waals surface area contributed by atoms with E-state index in [1.807, 2.05) is 12.1 Å². The van der Waals surface area contributed by atoms with E-state index in [-0.39, 0.29) is 13.2 Å². The molecule has 0 aliphatic carbocycles. The van der Waals surface area contributed by atoms with Crippen molar-refractivity contribution in [1.82, 2.24) is 0 Å². The van der Waals surface area contributed by atoms with Crippen LogP contribution < -0.4 is 4.74 Å². The summed E-state index contributed by atoms with van der Waals surface area (Å²) in [6.07, 6.45) is 1.33. The van der Waals surface area contributed by atoms with Gasteiger partial charge in [0.2, 0.25) is 0 Å². The first-order valence-corrected chi connectivity index (χ1v) is 4.77. The zero-order valence-electron chi connectivity index (χ0n) is 8.35. The number of para-hydroxylation sites is 1. The number of benzene rings is 1. The third kappa shape index (κ3) is 3.99. The van der Waals surface area contributed by atoms with Gasteiger partial charge in [-0.3, -0.25) is 0 Å². The van der Waals surface area contributed by atoms with E-state index in [1.165, 1.54) is 0 Å². The van der Waals surface area contributed by atoms with Gasteiger partial charge < -0.3 is 14.9 Å². The Hall–Kier alpha value is -1.55. The minimum atomic E-state index is -0.994. The van der Waals surface area contributed by atoms with Gasteiger partial charge in [0.1, 0.15) is 5.75 Å². The maximum absolute atomic E-state index is 10.3. The van der Waals surface area contributed by atoms with Crippen LogP contribution in [0.4, 0.5) is 0 Å². The summed E-state index contributed by atoms with van der Waals surface area (Å²) >= 11 is 0. The number of aliphatic hydroxyl groups excluding tert-OH is 1. The van der Waals surface area contributed by atoms with E-state index in [0.29, 0.717) is 18.6 Å². The van der Waals surface area contributed by atoms with Crippen LogP contribution in [0.15, 0.2) is 24.3 Å². The van der Waals surface area contributed by atoms with Gasteiger partial charge in [-0.25, -0.2) is 4.79 Å². The number of carboxylic acid groups (broad SMARTS) is 1. The second kappa shape index (κ2) is 6.03. The number of carboxylic acids is 1. The van der Waals surface area contributed by atoms with Crippen LogP contribution in [0.5, 0.6) is 5.75 Å². The van der Waals surface area contributed by atoms with Crippen molar-refractivity contribution in [2.45, 2.75) is 12.8 Å². The molecule has 82 valence electrons. The molecule has 0 aromatic heterocycles. The van der Waals surface area contributed by atoms with E-state index in [0.717, 1.165) is 5.56 Å². The number of ether oxygens (including phenoxy) is 1. The summed E-state index contributed by atoms with van der Waals surface area (Å²) in [4.78, 5) is 10.3. The lowest BCUT2D eigenvalue weighted by Gasteiger charge is -2.08. The first-order valence-electron chi connectivity index (χ1n) is 4.77. The van der Waals surface area contributed by atoms with Gasteiger partial charge in [-0.2, -0.15) is 0 Å². The minimum Gasteiger partial charge on any atom is -0.482 e. The molecule has 0 fully saturated rings. The maximum atomic E-state index is 10.3. The van der Waals surface area contributed by atoms with E-state index < -0.39 is 5.97 Å². The van der Waals surface area contributed by atoms with Gasteiger partial charge in [0, 0.05) is 6.61 Å². The van der Waals surface area contributed by atoms with Crippen LogP contribution in [-0.2, 0) is 11.2 Å². The predicted octanol–water partition coefficient (Wildman–Crippen LogP) is 1.07. The molecule has 0 radical (unpaired) electrons. The summed E-state index contributed by atoms with van der Waals surface area (Å²) in [7, 11) is 0. The van der Waals surface area contributed by atoms with Gasteiger partial charge in [0.15, 0.2) is 6.61 Å². The Morgan fingerprint density at radius 3 is 2.73 bits per heavy atom. The highest BCUT2D eigenvalue weighted by Gasteiger charge is 2.04. The lowest BCUT2D eigenvalue weighted by Crippen LogP contribution is -2.10. The fourth-order valence-electron chi connectivity index (χ4n) is 1.26. The Morgan fingerprint density at radius 1 is 1.33 bits per heavy atom. The van der Waals surface area contributed by atoms with Crippen LogP contribution >= 0.6 is 0 Å². The normalized spacial score (nSPS) is 9.93. The largest absolute Gasteiger partial charge is 0.482 e. The molecular weight excluding hydrogens is 196 g/mol. The number of aryl methyl sites for hydroxylation is 1. The average molecular weight is 210 g/mol. The Balaban J connectivity index is 2.63. The Kier molecular flexibility index (Phi) is 4.63. The minimum absolute atomic E-state index is 0.118. The standard InChI is InChI=1S/C11H14O4/c12-7-3-5-9-4-1-2-6-10(9)15-8-11(13)14/h1-2,4,6,12H,3,5,7-8H2,(H,13,14). The number of aliphatic carboxylic acids is 1. The van der Waals surface area contributed by atoms with E-state index in [1.54, 1.807) is 12.1 Å². The van der Waals surface area contributed by atoms with Crippen molar-refractivity contribution < 1.29 is 19.7 Å². The maximum Gasteiger partial charge on any atom is 0.341 e. The molecule has 0 bridgehead atoms. The van der Waals surface area contributed by atoms with Crippen LogP contribution in [0.3, 0.4) is 0 Å². The van der Waals surface area contributed by atoms with E-state index >= 15 is 0 Å². The molecule has 0 aliphatic heterocycles. The number of aliphatic hydroxyl groups is 1. The van der Waals surface area contributed by atoms with Crippen molar-refractivity contribution >= 4 is 5.97 Å². The zero-order valence-corrected chi connectivity index (χ0v) is 8.35. The second-order valence-electron chi connectivity index (χ2n) is 3.12. The molecular formula is C11H14O4. The summed E-state index contributed by atoms with van der Waals surface area (Å²) in [5, 5.41) is 17.2. The number of carbonyl (C=O) groups is 1. The number of hydrogen-bond acceptors (Lipinski definition) is 3. The molecule has 1 aromatic carbocycles. The smallest absolute Gasteiger partial charge is 0.341 e. The molecule has 0 heterocycles. The molecule has 0 spiro atoms. The zero-order chi connectivity index (χ0) is 11.1. The first-order chi connectivity index (χ1) is 7.24. The highest BCUT2D eigenvalue weighted by Crippen LogP contribution is 2.19. The summed E-state index contributed by atoms with van der Waals surface area (Å²) in [5.74, 6) is -0.416. The molecule has 0 aliphatic rings. The molecule has 4 nitrogen and oxygen atoms in total. The molecule has 0 saturated carbocycles. The molecule has 0 amide bonds. The van der Waals surface area contributed by atoms with Gasteiger partial charge in [0.05, 0.1) is 0 Å². The summed E-state index contributed by atoms with van der Waals surface area (Å²) < 4.78 is 5.11. The highest BCUT2D eigenvalue weighted by atomic mass is 16.5. The van der Waals surface area contributed by atoms with Gasteiger partial charge in [-0.05, 0) is 24.5 Å². The highest BCUT2D eigenvalue weighted by molar-refractivity contribution is 5.68. The van der Waals surface area contributed by atoms with Crippen molar-refractivity contribution in [2.75, 3.05) is 13.2 Å². The molecule has 1 aromatic rings. The lowest BCUT2D eigenvalue weighted by molar-refractivity contribution is -0.139. The monoisotopic (exact) mass is 210 g/mol. The van der Waals surface area contributed by atoms with Gasteiger partial charge in [0.25, 0.3) is 0 Å². The quantitative estimate of drug-likeness (QED) is 0.737. The van der Waals surface area contributed by atoms with Crippen LogP contribution in [-0.4, -0.2) is 29.4 Å². The Bertz CT molecular complexity index is 322. The van der Waals surface area contributed by atoms with Crippen molar-refractivity contribution in [2.24, 2.45) is 0 Å². The Labute approximate surface area is 88.1 Å². The van der Waals surface area contributed by atoms with Crippen LogP contribution in [0.25, 0.3) is 0 Å². The summed E-state index contributed by atoms with van der Waals surface area (Å²) in [6.45, 7) is -0.219. The van der Waals surface area contributed by atoms with Crippen molar-refractivity contribution in [3.05, 3.63) is 29.8 Å². The van der Waals surface area contributed by atoms with Crippen LogP contribution in [0.1, 0.15) is 12.0 Å². The van der Waals surface area contributed by atoms with E-state index in [2.05, 4.69) is 0 Å². The molecule has 4 heteroatoms. The van der Waals surface area contributed by atoms with E-state index in [4.69, 9.17) is 14.9 Å². The molecule has 0 saturated heterocycles. The number of hydrogen-bond donors (Lipinski definition) is 2. The van der Waals surface area contributed by atoms with Crippen molar-refractivity contribution in [3.8, 4) is 5.75 Å². The molecule has 0 atom stereocenters. The third-order valence-electron chi connectivity index (χ3n) is 1.93. The van der Waals surface area contributed by atoms with Gasteiger partial charge in [-0.15, -0.1) is 0 Å². The summed E-state index contributed by atoms with van der Waals surface area (Å²) in [6, 6.07) is 7.25. The van der Waals surface area contributed by atoms with Crippen molar-refractivity contribution in [3.63, 3.8) is 0 Å². The second-order valence-corrected chi connectivity index (χ2v) is 3.12. The van der Waals surface area contributed by atoms with Gasteiger partial charge in [-0.1, -0.05) is 18.2 Å². The first kappa shape index (κ1) is 11.5.